The first kappa shape index (κ1) is 14.0. The lowest BCUT2D eigenvalue weighted by Gasteiger charge is -2.30. The third kappa shape index (κ3) is 4.00. The van der Waals surface area contributed by atoms with Crippen LogP contribution in [0.3, 0.4) is 0 Å². The lowest BCUT2D eigenvalue weighted by atomic mass is 10.2. The SMILES string of the molecule is CC(C)c1nnc(NC(=O)CN2CCN[C@@H](C)C2)o1. The Morgan fingerprint density at radius 2 is 2.37 bits per heavy atom. The van der Waals surface area contributed by atoms with Gasteiger partial charge in [0, 0.05) is 31.6 Å². The zero-order valence-corrected chi connectivity index (χ0v) is 11.6. The summed E-state index contributed by atoms with van der Waals surface area (Å²) in [4.78, 5) is 14.0. The van der Waals surface area contributed by atoms with E-state index in [9.17, 15) is 4.79 Å². The molecule has 1 aliphatic heterocycles. The molecule has 0 saturated carbocycles. The quantitative estimate of drug-likeness (QED) is 0.823. The van der Waals surface area contributed by atoms with Crippen LogP contribution < -0.4 is 10.6 Å². The molecule has 1 aromatic rings. The molecule has 0 aliphatic carbocycles. The number of hydrogen-bond donors (Lipinski definition) is 2. The summed E-state index contributed by atoms with van der Waals surface area (Å²) < 4.78 is 5.34. The molecule has 0 aromatic carbocycles. The molecule has 7 nitrogen and oxygen atoms in total. The number of nitrogens with one attached hydrogen (secondary N) is 2. The summed E-state index contributed by atoms with van der Waals surface area (Å²) >= 11 is 0. The second kappa shape index (κ2) is 6.12. The molecular formula is C12H21N5O2. The number of nitrogens with zero attached hydrogens (tertiary/aromatic N) is 3. The summed E-state index contributed by atoms with van der Waals surface area (Å²) in [5.41, 5.74) is 0. The number of piperazine rings is 1. The van der Waals surface area contributed by atoms with Gasteiger partial charge in [0.2, 0.25) is 11.8 Å². The van der Waals surface area contributed by atoms with Gasteiger partial charge in [-0.3, -0.25) is 15.0 Å². The van der Waals surface area contributed by atoms with Crippen molar-refractivity contribution >= 4 is 11.9 Å². The maximum absolute atomic E-state index is 11.9. The molecule has 2 rings (SSSR count). The first-order valence-electron chi connectivity index (χ1n) is 6.63. The molecule has 106 valence electrons. The number of aromatic nitrogens is 2. The molecule has 1 fully saturated rings. The van der Waals surface area contributed by atoms with Crippen molar-refractivity contribution in [3.63, 3.8) is 0 Å². The van der Waals surface area contributed by atoms with E-state index in [0.29, 0.717) is 18.5 Å². The molecular weight excluding hydrogens is 246 g/mol. The van der Waals surface area contributed by atoms with E-state index in [2.05, 4.69) is 32.7 Å². The van der Waals surface area contributed by atoms with Crippen molar-refractivity contribution in [1.82, 2.24) is 20.4 Å². The van der Waals surface area contributed by atoms with Crippen LogP contribution in [0.5, 0.6) is 0 Å². The Kier molecular flexibility index (Phi) is 4.49. The molecule has 1 aliphatic rings. The van der Waals surface area contributed by atoms with Crippen LogP contribution in [0, 0.1) is 0 Å². The maximum Gasteiger partial charge on any atom is 0.322 e. The summed E-state index contributed by atoms with van der Waals surface area (Å²) in [6.07, 6.45) is 0. The summed E-state index contributed by atoms with van der Waals surface area (Å²) in [5.74, 6) is 0.575. The van der Waals surface area contributed by atoms with Crippen LogP contribution in [0.1, 0.15) is 32.6 Å². The Bertz CT molecular complexity index is 432. The van der Waals surface area contributed by atoms with E-state index in [0.717, 1.165) is 19.6 Å². The van der Waals surface area contributed by atoms with Crippen LogP contribution in [-0.4, -0.2) is 53.2 Å². The minimum atomic E-state index is -0.118. The Morgan fingerprint density at radius 3 is 3.00 bits per heavy atom. The van der Waals surface area contributed by atoms with Crippen molar-refractivity contribution in [2.75, 3.05) is 31.5 Å². The Hall–Kier alpha value is -1.47. The Labute approximate surface area is 112 Å². The van der Waals surface area contributed by atoms with E-state index < -0.39 is 0 Å². The number of amides is 1. The van der Waals surface area contributed by atoms with Gasteiger partial charge in [0.05, 0.1) is 6.54 Å². The predicted octanol–water partition coefficient (Wildman–Crippen LogP) is 0.425. The Balaban J connectivity index is 1.83. The predicted molar refractivity (Wildman–Crippen MR) is 70.9 cm³/mol. The monoisotopic (exact) mass is 267 g/mol. The summed E-state index contributed by atoms with van der Waals surface area (Å²) in [6, 6.07) is 0.592. The van der Waals surface area contributed by atoms with Crippen molar-refractivity contribution in [1.29, 1.82) is 0 Å². The molecule has 7 heteroatoms. The molecule has 0 bridgehead atoms. The lowest BCUT2D eigenvalue weighted by molar-refractivity contribution is -0.117. The topological polar surface area (TPSA) is 83.3 Å². The van der Waals surface area contributed by atoms with Crippen molar-refractivity contribution in [2.45, 2.75) is 32.7 Å². The molecule has 0 spiro atoms. The molecule has 1 atom stereocenters. The number of anilines is 1. The molecule has 19 heavy (non-hydrogen) atoms. The highest BCUT2D eigenvalue weighted by molar-refractivity contribution is 5.90. The highest BCUT2D eigenvalue weighted by atomic mass is 16.4. The normalized spacial score (nSPS) is 20.7. The third-order valence-electron chi connectivity index (χ3n) is 3.00. The molecule has 1 aromatic heterocycles. The minimum Gasteiger partial charge on any atom is -0.408 e. The van der Waals surface area contributed by atoms with Crippen molar-refractivity contribution < 1.29 is 9.21 Å². The highest BCUT2D eigenvalue weighted by Crippen LogP contribution is 2.14. The zero-order valence-electron chi connectivity index (χ0n) is 11.6. The summed E-state index contributed by atoms with van der Waals surface area (Å²) in [7, 11) is 0. The van der Waals surface area contributed by atoms with E-state index in [4.69, 9.17) is 4.42 Å². The highest BCUT2D eigenvalue weighted by Gasteiger charge is 2.19. The summed E-state index contributed by atoms with van der Waals surface area (Å²) in [6.45, 7) is 9.03. The molecule has 2 N–H and O–H groups in total. The smallest absolute Gasteiger partial charge is 0.322 e. The van der Waals surface area contributed by atoms with E-state index in [1.807, 2.05) is 13.8 Å². The molecule has 0 radical (unpaired) electrons. The number of hydrogen-bond acceptors (Lipinski definition) is 6. The number of carbonyl (C=O) groups is 1. The van der Waals surface area contributed by atoms with Gasteiger partial charge in [0.15, 0.2) is 0 Å². The largest absolute Gasteiger partial charge is 0.408 e. The van der Waals surface area contributed by atoms with Gasteiger partial charge >= 0.3 is 6.01 Å². The van der Waals surface area contributed by atoms with E-state index >= 15 is 0 Å². The van der Waals surface area contributed by atoms with Crippen molar-refractivity contribution in [2.24, 2.45) is 0 Å². The maximum atomic E-state index is 11.9. The van der Waals surface area contributed by atoms with Crippen LogP contribution in [0.2, 0.25) is 0 Å². The first-order chi connectivity index (χ1) is 9.04. The van der Waals surface area contributed by atoms with E-state index in [1.165, 1.54) is 0 Å². The van der Waals surface area contributed by atoms with Gasteiger partial charge in [-0.25, -0.2) is 0 Å². The van der Waals surface area contributed by atoms with Crippen LogP contribution >= 0.6 is 0 Å². The third-order valence-corrected chi connectivity index (χ3v) is 3.00. The van der Waals surface area contributed by atoms with Gasteiger partial charge in [0.25, 0.3) is 0 Å². The molecule has 1 saturated heterocycles. The minimum absolute atomic E-state index is 0.118. The first-order valence-corrected chi connectivity index (χ1v) is 6.63. The Morgan fingerprint density at radius 1 is 1.58 bits per heavy atom. The average Bonchev–Trinajstić information content (AvgIpc) is 2.77. The number of carbonyl (C=O) groups excluding carboxylic acids is 1. The van der Waals surface area contributed by atoms with Crippen LogP contribution in [0.15, 0.2) is 4.42 Å². The van der Waals surface area contributed by atoms with Gasteiger partial charge in [-0.1, -0.05) is 18.9 Å². The standard InChI is InChI=1S/C12H21N5O2/c1-8(2)11-15-16-12(19-11)14-10(18)7-17-5-4-13-9(3)6-17/h8-9,13H,4-7H2,1-3H3,(H,14,16,18)/t9-/m0/s1. The van der Waals surface area contributed by atoms with Crippen LogP contribution in [0.4, 0.5) is 6.01 Å². The van der Waals surface area contributed by atoms with E-state index in [-0.39, 0.29) is 17.8 Å². The van der Waals surface area contributed by atoms with Crippen LogP contribution in [-0.2, 0) is 4.79 Å². The van der Waals surface area contributed by atoms with Crippen LogP contribution in [0.25, 0.3) is 0 Å². The van der Waals surface area contributed by atoms with Gasteiger partial charge in [0.1, 0.15) is 0 Å². The second-order valence-corrected chi connectivity index (χ2v) is 5.24. The second-order valence-electron chi connectivity index (χ2n) is 5.24. The van der Waals surface area contributed by atoms with Crippen molar-refractivity contribution in [3.05, 3.63) is 5.89 Å². The molecule has 1 amide bonds. The molecule has 0 unspecified atom stereocenters. The van der Waals surface area contributed by atoms with Gasteiger partial charge in [-0.05, 0) is 6.92 Å². The molecule has 2 heterocycles. The van der Waals surface area contributed by atoms with E-state index in [1.54, 1.807) is 0 Å². The summed E-state index contributed by atoms with van der Waals surface area (Å²) in [5, 5.41) is 13.7. The fourth-order valence-electron chi connectivity index (χ4n) is 2.04. The van der Waals surface area contributed by atoms with Gasteiger partial charge < -0.3 is 9.73 Å². The fraction of sp³-hybridized carbons (Fsp3) is 0.750. The van der Waals surface area contributed by atoms with Gasteiger partial charge in [-0.2, -0.15) is 0 Å². The average molecular weight is 267 g/mol. The fourth-order valence-corrected chi connectivity index (χ4v) is 2.04. The number of rotatable bonds is 4. The zero-order chi connectivity index (χ0) is 13.8. The van der Waals surface area contributed by atoms with Crippen molar-refractivity contribution in [3.8, 4) is 0 Å². The lowest BCUT2D eigenvalue weighted by Crippen LogP contribution is -2.51. The van der Waals surface area contributed by atoms with Gasteiger partial charge in [-0.15, -0.1) is 5.10 Å².